The van der Waals surface area contributed by atoms with Crippen LogP contribution in [0.15, 0.2) is 30.3 Å². The molecule has 23 heavy (non-hydrogen) atoms. The largest absolute Gasteiger partial charge is 0.480 e. The molecule has 1 amide bonds. The zero-order valence-electron chi connectivity index (χ0n) is 12.5. The Labute approximate surface area is 134 Å². The predicted molar refractivity (Wildman–Crippen MR) is 82.4 cm³/mol. The Morgan fingerprint density at radius 2 is 1.78 bits per heavy atom. The molecule has 2 heterocycles. The smallest absolute Gasteiger partial charge is 0.322 e. The first-order valence-corrected chi connectivity index (χ1v) is 8.99. The van der Waals surface area contributed by atoms with Crippen molar-refractivity contribution in [2.24, 2.45) is 0 Å². The molecule has 1 aromatic carbocycles. The Morgan fingerprint density at radius 3 is 2.39 bits per heavy atom. The molecule has 1 unspecified atom stereocenters. The van der Waals surface area contributed by atoms with Crippen molar-refractivity contribution in [2.45, 2.75) is 24.1 Å². The molecule has 0 aliphatic carbocycles. The van der Waals surface area contributed by atoms with Crippen molar-refractivity contribution in [1.82, 2.24) is 9.21 Å². The van der Waals surface area contributed by atoms with Crippen LogP contribution in [-0.2, 0) is 14.8 Å². The van der Waals surface area contributed by atoms with Gasteiger partial charge in [-0.25, -0.2) is 8.42 Å². The van der Waals surface area contributed by atoms with Crippen molar-refractivity contribution in [3.63, 3.8) is 0 Å². The molecule has 1 aromatic rings. The van der Waals surface area contributed by atoms with E-state index in [2.05, 4.69) is 0 Å². The maximum Gasteiger partial charge on any atom is 0.322 e. The van der Waals surface area contributed by atoms with Gasteiger partial charge in [-0.15, -0.1) is 0 Å². The number of carboxylic acids is 1. The lowest BCUT2D eigenvalue weighted by Gasteiger charge is -2.40. The fraction of sp³-hybridized carbons (Fsp3) is 0.467. The van der Waals surface area contributed by atoms with Gasteiger partial charge in [0, 0.05) is 25.2 Å². The second kappa shape index (κ2) is 5.93. The highest BCUT2D eigenvalue weighted by Gasteiger charge is 2.47. The van der Waals surface area contributed by atoms with Crippen molar-refractivity contribution in [2.75, 3.05) is 19.6 Å². The van der Waals surface area contributed by atoms with E-state index in [0.717, 1.165) is 4.31 Å². The summed E-state index contributed by atoms with van der Waals surface area (Å²) in [5, 5.41) is 8.42. The van der Waals surface area contributed by atoms with Crippen molar-refractivity contribution in [1.29, 1.82) is 0 Å². The Bertz CT molecular complexity index is 713. The van der Waals surface area contributed by atoms with Crippen LogP contribution in [0, 0.1) is 0 Å². The Morgan fingerprint density at radius 1 is 1.13 bits per heavy atom. The molecule has 0 saturated carbocycles. The zero-order valence-corrected chi connectivity index (χ0v) is 13.3. The van der Waals surface area contributed by atoms with Crippen LogP contribution in [0.25, 0.3) is 0 Å². The Kier molecular flexibility index (Phi) is 4.11. The predicted octanol–water partition coefficient (Wildman–Crippen LogP) is 0.390. The molecule has 0 radical (unpaired) electrons. The van der Waals surface area contributed by atoms with Gasteiger partial charge in [0.15, 0.2) is 0 Å². The second-order valence-electron chi connectivity index (χ2n) is 5.85. The lowest BCUT2D eigenvalue weighted by molar-refractivity contribution is -0.140. The van der Waals surface area contributed by atoms with E-state index in [1.54, 1.807) is 30.3 Å². The standard InChI is InChI=1S/C15H18N2O5S/c18-14(11-5-2-1-3-6-11)16-9-12(10-16)23(21,22)17-8-4-7-13(17)15(19)20/h1-3,5-6,12-13H,4,7-10H2,(H,19,20). The normalized spacial score (nSPS) is 22.8. The van der Waals surface area contributed by atoms with Gasteiger partial charge in [0.1, 0.15) is 11.3 Å². The van der Waals surface area contributed by atoms with Gasteiger partial charge in [0.05, 0.1) is 0 Å². The third-order valence-corrected chi connectivity index (χ3v) is 6.62. The quantitative estimate of drug-likeness (QED) is 0.857. The lowest BCUT2D eigenvalue weighted by Crippen LogP contribution is -2.60. The minimum absolute atomic E-state index is 0.110. The van der Waals surface area contributed by atoms with E-state index >= 15 is 0 Å². The number of hydrogen-bond acceptors (Lipinski definition) is 4. The maximum absolute atomic E-state index is 12.6. The van der Waals surface area contributed by atoms with Crippen LogP contribution in [0.5, 0.6) is 0 Å². The minimum Gasteiger partial charge on any atom is -0.480 e. The van der Waals surface area contributed by atoms with E-state index in [1.807, 2.05) is 0 Å². The molecule has 2 saturated heterocycles. The first-order valence-electron chi connectivity index (χ1n) is 7.49. The van der Waals surface area contributed by atoms with Crippen molar-refractivity contribution in [3.8, 4) is 0 Å². The molecule has 7 nitrogen and oxygen atoms in total. The lowest BCUT2D eigenvalue weighted by atomic mass is 10.1. The van der Waals surface area contributed by atoms with E-state index in [-0.39, 0.29) is 25.5 Å². The average molecular weight is 338 g/mol. The van der Waals surface area contributed by atoms with E-state index in [9.17, 15) is 18.0 Å². The van der Waals surface area contributed by atoms with Crippen molar-refractivity contribution < 1.29 is 23.1 Å². The molecule has 1 atom stereocenters. The van der Waals surface area contributed by atoms with Crippen LogP contribution in [0.3, 0.4) is 0 Å². The van der Waals surface area contributed by atoms with Crippen LogP contribution in [-0.4, -0.2) is 65.5 Å². The van der Waals surface area contributed by atoms with Crippen LogP contribution >= 0.6 is 0 Å². The maximum atomic E-state index is 12.6. The van der Waals surface area contributed by atoms with Crippen LogP contribution in [0.1, 0.15) is 23.2 Å². The van der Waals surface area contributed by atoms with E-state index in [0.29, 0.717) is 18.4 Å². The highest BCUT2D eigenvalue weighted by atomic mass is 32.2. The van der Waals surface area contributed by atoms with Gasteiger partial charge in [-0.1, -0.05) is 18.2 Å². The summed E-state index contributed by atoms with van der Waals surface area (Å²) < 4.78 is 26.2. The number of carbonyl (C=O) groups is 2. The molecule has 0 bridgehead atoms. The number of amides is 1. The third-order valence-electron chi connectivity index (χ3n) is 4.39. The summed E-state index contributed by atoms with van der Waals surface area (Å²) in [6.07, 6.45) is 0.892. The van der Waals surface area contributed by atoms with Crippen LogP contribution in [0.2, 0.25) is 0 Å². The summed E-state index contributed by atoms with van der Waals surface area (Å²) in [7, 11) is -3.69. The van der Waals surface area contributed by atoms with E-state index < -0.39 is 27.3 Å². The first kappa shape index (κ1) is 15.9. The van der Waals surface area contributed by atoms with E-state index in [1.165, 1.54) is 4.90 Å². The molecule has 2 aliphatic rings. The summed E-state index contributed by atoms with van der Waals surface area (Å²) in [4.78, 5) is 24.9. The first-order chi connectivity index (χ1) is 10.9. The number of nitrogens with zero attached hydrogens (tertiary/aromatic N) is 2. The van der Waals surface area contributed by atoms with Gasteiger partial charge in [0.2, 0.25) is 10.0 Å². The summed E-state index contributed by atoms with van der Waals surface area (Å²) in [6, 6.07) is 7.71. The number of likely N-dealkylation sites (tertiary alicyclic amines) is 1. The molecule has 124 valence electrons. The molecule has 1 N–H and O–H groups in total. The molecule has 0 spiro atoms. The number of sulfonamides is 1. The fourth-order valence-corrected chi connectivity index (χ4v) is 5.09. The molecular formula is C15H18N2O5S. The SMILES string of the molecule is O=C(O)C1CCCN1S(=O)(=O)C1CN(C(=O)c2ccccc2)C1. The molecule has 3 rings (SSSR count). The van der Waals surface area contributed by atoms with Crippen molar-refractivity contribution >= 4 is 21.9 Å². The molecule has 8 heteroatoms. The van der Waals surface area contributed by atoms with Gasteiger partial charge < -0.3 is 10.0 Å². The second-order valence-corrected chi connectivity index (χ2v) is 8.02. The summed E-state index contributed by atoms with van der Waals surface area (Å²) in [5.41, 5.74) is 0.521. The zero-order chi connectivity index (χ0) is 16.6. The molecule has 2 aliphatic heterocycles. The van der Waals surface area contributed by atoms with Gasteiger partial charge in [0.25, 0.3) is 5.91 Å². The Hall–Kier alpha value is -1.93. The average Bonchev–Trinajstić information content (AvgIpc) is 2.96. The van der Waals surface area contributed by atoms with Crippen molar-refractivity contribution in [3.05, 3.63) is 35.9 Å². The van der Waals surface area contributed by atoms with Gasteiger partial charge >= 0.3 is 5.97 Å². The summed E-state index contributed by atoms with van der Waals surface area (Å²) in [6.45, 7) is 0.459. The number of benzene rings is 1. The third kappa shape index (κ3) is 2.84. The van der Waals surface area contributed by atoms with Gasteiger partial charge in [-0.2, -0.15) is 4.31 Å². The Balaban J connectivity index is 1.66. The van der Waals surface area contributed by atoms with Crippen LogP contribution < -0.4 is 0 Å². The highest BCUT2D eigenvalue weighted by molar-refractivity contribution is 7.89. The van der Waals surface area contributed by atoms with Gasteiger partial charge in [-0.05, 0) is 25.0 Å². The number of rotatable bonds is 4. The van der Waals surface area contributed by atoms with Crippen LogP contribution in [0.4, 0.5) is 0 Å². The number of aliphatic carboxylic acids is 1. The highest BCUT2D eigenvalue weighted by Crippen LogP contribution is 2.28. The minimum atomic E-state index is -3.69. The topological polar surface area (TPSA) is 95.0 Å². The fourth-order valence-electron chi connectivity index (χ4n) is 3.04. The number of carbonyl (C=O) groups excluding carboxylic acids is 1. The number of carboxylic acid groups (broad SMARTS) is 1. The summed E-state index contributed by atoms with van der Waals surface area (Å²) >= 11 is 0. The molecular weight excluding hydrogens is 320 g/mol. The monoisotopic (exact) mass is 338 g/mol. The molecule has 0 aromatic heterocycles. The van der Waals surface area contributed by atoms with E-state index in [4.69, 9.17) is 5.11 Å². The number of hydrogen-bond donors (Lipinski definition) is 1. The summed E-state index contributed by atoms with van der Waals surface area (Å²) in [5.74, 6) is -1.31. The molecule has 2 fully saturated rings. The van der Waals surface area contributed by atoms with Gasteiger partial charge in [-0.3, -0.25) is 9.59 Å².